The van der Waals surface area contributed by atoms with Gasteiger partial charge in [0.25, 0.3) is 5.91 Å². The number of amides is 2. The highest BCUT2D eigenvalue weighted by Gasteiger charge is 2.00. The SMILES string of the molecule is CSc1cccc(NC(=O)/C=C/c2ccc(OCC(N)=O)cc2)c1. The van der Waals surface area contributed by atoms with Gasteiger partial charge in [0.15, 0.2) is 6.61 Å². The molecule has 2 aromatic carbocycles. The van der Waals surface area contributed by atoms with Crippen LogP contribution in [-0.4, -0.2) is 24.7 Å². The van der Waals surface area contributed by atoms with Gasteiger partial charge in [0, 0.05) is 16.7 Å². The molecule has 0 fully saturated rings. The number of hydrogen-bond acceptors (Lipinski definition) is 4. The van der Waals surface area contributed by atoms with Crippen molar-refractivity contribution in [3.63, 3.8) is 0 Å². The first-order valence-corrected chi connectivity index (χ1v) is 8.43. The van der Waals surface area contributed by atoms with E-state index in [-0.39, 0.29) is 12.5 Å². The molecule has 0 saturated carbocycles. The Hall–Kier alpha value is -2.73. The molecule has 0 unspecified atom stereocenters. The number of rotatable bonds is 7. The Bertz CT molecular complexity index is 742. The summed E-state index contributed by atoms with van der Waals surface area (Å²) in [6.45, 7) is -0.160. The van der Waals surface area contributed by atoms with Crippen LogP contribution in [-0.2, 0) is 9.59 Å². The van der Waals surface area contributed by atoms with Crippen LogP contribution in [0.3, 0.4) is 0 Å². The zero-order valence-corrected chi connectivity index (χ0v) is 14.0. The van der Waals surface area contributed by atoms with Crippen LogP contribution < -0.4 is 15.8 Å². The van der Waals surface area contributed by atoms with Crippen molar-refractivity contribution >= 4 is 35.3 Å². The van der Waals surface area contributed by atoms with E-state index >= 15 is 0 Å². The predicted octanol–water partition coefficient (Wildman–Crippen LogP) is 2.92. The van der Waals surface area contributed by atoms with Gasteiger partial charge in [-0.2, -0.15) is 0 Å². The van der Waals surface area contributed by atoms with Crippen LogP contribution in [0.4, 0.5) is 5.69 Å². The van der Waals surface area contributed by atoms with Gasteiger partial charge in [-0.15, -0.1) is 11.8 Å². The molecular formula is C18H18N2O3S. The molecule has 24 heavy (non-hydrogen) atoms. The monoisotopic (exact) mass is 342 g/mol. The largest absolute Gasteiger partial charge is 0.484 e. The van der Waals surface area contributed by atoms with Crippen LogP contribution in [0.5, 0.6) is 5.75 Å². The minimum Gasteiger partial charge on any atom is -0.484 e. The molecule has 0 radical (unpaired) electrons. The quantitative estimate of drug-likeness (QED) is 0.599. The molecule has 6 heteroatoms. The highest BCUT2D eigenvalue weighted by molar-refractivity contribution is 7.98. The van der Waals surface area contributed by atoms with Gasteiger partial charge in [0.05, 0.1) is 0 Å². The Labute approximate surface area is 144 Å². The van der Waals surface area contributed by atoms with E-state index in [1.807, 2.05) is 30.5 Å². The third kappa shape index (κ3) is 5.81. The molecule has 0 aliphatic rings. The van der Waals surface area contributed by atoms with Gasteiger partial charge in [0.1, 0.15) is 5.75 Å². The summed E-state index contributed by atoms with van der Waals surface area (Å²) >= 11 is 1.62. The fourth-order valence-corrected chi connectivity index (χ4v) is 2.35. The highest BCUT2D eigenvalue weighted by Crippen LogP contribution is 2.19. The van der Waals surface area contributed by atoms with Crippen molar-refractivity contribution < 1.29 is 14.3 Å². The van der Waals surface area contributed by atoms with Gasteiger partial charge in [-0.25, -0.2) is 0 Å². The minimum atomic E-state index is -0.527. The maximum atomic E-state index is 11.9. The molecule has 5 nitrogen and oxygen atoms in total. The Balaban J connectivity index is 1.92. The maximum absolute atomic E-state index is 11.9. The first-order chi connectivity index (χ1) is 11.6. The number of hydrogen-bond donors (Lipinski definition) is 2. The van der Waals surface area contributed by atoms with Gasteiger partial charge in [-0.3, -0.25) is 9.59 Å². The average Bonchev–Trinajstić information content (AvgIpc) is 2.59. The summed E-state index contributed by atoms with van der Waals surface area (Å²) in [5.41, 5.74) is 6.61. The number of anilines is 1. The van der Waals surface area contributed by atoms with E-state index in [4.69, 9.17) is 10.5 Å². The number of ether oxygens (including phenoxy) is 1. The van der Waals surface area contributed by atoms with Crippen LogP contribution in [0, 0.1) is 0 Å². The summed E-state index contributed by atoms with van der Waals surface area (Å²) in [6, 6.07) is 14.6. The zero-order chi connectivity index (χ0) is 17.4. The van der Waals surface area contributed by atoms with E-state index in [0.717, 1.165) is 16.1 Å². The summed E-state index contributed by atoms with van der Waals surface area (Å²) in [4.78, 5) is 23.7. The molecule has 0 heterocycles. The van der Waals surface area contributed by atoms with Gasteiger partial charge >= 0.3 is 0 Å². The van der Waals surface area contributed by atoms with Crippen molar-refractivity contribution in [3.05, 3.63) is 60.2 Å². The summed E-state index contributed by atoms with van der Waals surface area (Å²) < 4.78 is 5.17. The third-order valence-electron chi connectivity index (χ3n) is 3.03. The van der Waals surface area contributed by atoms with Crippen LogP contribution in [0.25, 0.3) is 6.08 Å². The molecule has 0 atom stereocenters. The number of thioether (sulfide) groups is 1. The molecule has 2 rings (SSSR count). The maximum Gasteiger partial charge on any atom is 0.255 e. The molecule has 2 amide bonds. The highest BCUT2D eigenvalue weighted by atomic mass is 32.2. The second kappa shape index (κ2) is 8.79. The van der Waals surface area contributed by atoms with Crippen molar-refractivity contribution in [2.24, 2.45) is 5.73 Å². The van der Waals surface area contributed by atoms with E-state index in [2.05, 4.69) is 5.32 Å². The summed E-state index contributed by atoms with van der Waals surface area (Å²) in [5, 5.41) is 2.82. The molecule has 2 aromatic rings. The number of carbonyl (C=O) groups is 2. The zero-order valence-electron chi connectivity index (χ0n) is 13.2. The van der Waals surface area contributed by atoms with Crippen molar-refractivity contribution in [2.75, 3.05) is 18.2 Å². The van der Waals surface area contributed by atoms with Crippen LogP contribution in [0.1, 0.15) is 5.56 Å². The van der Waals surface area contributed by atoms with E-state index < -0.39 is 5.91 Å². The molecule has 0 aliphatic heterocycles. The van der Waals surface area contributed by atoms with Crippen molar-refractivity contribution in [1.29, 1.82) is 0 Å². The van der Waals surface area contributed by atoms with E-state index in [9.17, 15) is 9.59 Å². The molecule has 0 spiro atoms. The lowest BCUT2D eigenvalue weighted by Crippen LogP contribution is -2.19. The molecule has 0 aromatic heterocycles. The number of nitrogens with two attached hydrogens (primary N) is 1. The van der Waals surface area contributed by atoms with Crippen molar-refractivity contribution in [2.45, 2.75) is 4.90 Å². The van der Waals surface area contributed by atoms with E-state index in [0.29, 0.717) is 5.75 Å². The summed E-state index contributed by atoms with van der Waals surface area (Å²) in [7, 11) is 0. The topological polar surface area (TPSA) is 81.4 Å². The molecule has 3 N–H and O–H groups in total. The smallest absolute Gasteiger partial charge is 0.255 e. The summed E-state index contributed by atoms with van der Waals surface area (Å²) in [5.74, 6) is -0.187. The fraction of sp³-hybridized carbons (Fsp3) is 0.111. The van der Waals surface area contributed by atoms with E-state index in [1.54, 1.807) is 42.1 Å². The first kappa shape index (κ1) is 17.6. The van der Waals surface area contributed by atoms with Crippen LogP contribution in [0.2, 0.25) is 0 Å². The second-order valence-electron chi connectivity index (χ2n) is 4.88. The lowest BCUT2D eigenvalue weighted by Gasteiger charge is -2.04. The number of primary amides is 1. The standard InChI is InChI=1S/C18H18N2O3S/c1-24-16-4-2-3-14(11-16)20-18(22)10-7-13-5-8-15(9-6-13)23-12-17(19)21/h2-11H,12H2,1H3,(H2,19,21)(H,20,22)/b10-7+. The van der Waals surface area contributed by atoms with Gasteiger partial charge < -0.3 is 15.8 Å². The Morgan fingerprint density at radius 3 is 2.62 bits per heavy atom. The molecule has 0 aliphatic carbocycles. The third-order valence-corrected chi connectivity index (χ3v) is 3.75. The van der Waals surface area contributed by atoms with Gasteiger partial charge in [0.2, 0.25) is 5.91 Å². The Morgan fingerprint density at radius 2 is 1.96 bits per heavy atom. The summed E-state index contributed by atoms with van der Waals surface area (Å²) in [6.07, 6.45) is 5.15. The van der Waals surface area contributed by atoms with Gasteiger partial charge in [-0.1, -0.05) is 18.2 Å². The van der Waals surface area contributed by atoms with Crippen molar-refractivity contribution in [3.8, 4) is 5.75 Å². The first-order valence-electron chi connectivity index (χ1n) is 7.21. The lowest BCUT2D eigenvalue weighted by atomic mass is 10.2. The molecule has 0 saturated heterocycles. The van der Waals surface area contributed by atoms with Crippen LogP contribution in [0.15, 0.2) is 59.5 Å². The lowest BCUT2D eigenvalue weighted by molar-refractivity contribution is -0.120. The molecular weight excluding hydrogens is 324 g/mol. The van der Waals surface area contributed by atoms with Gasteiger partial charge in [-0.05, 0) is 48.2 Å². The minimum absolute atomic E-state index is 0.160. The number of carbonyl (C=O) groups excluding carboxylic acids is 2. The predicted molar refractivity (Wildman–Crippen MR) is 97.0 cm³/mol. The van der Waals surface area contributed by atoms with E-state index in [1.165, 1.54) is 6.08 Å². The number of benzene rings is 2. The Morgan fingerprint density at radius 1 is 1.21 bits per heavy atom. The molecule has 124 valence electrons. The Kier molecular flexibility index (Phi) is 6.45. The normalized spacial score (nSPS) is 10.5. The average molecular weight is 342 g/mol. The molecule has 0 bridgehead atoms. The van der Waals surface area contributed by atoms with Crippen LogP contribution >= 0.6 is 11.8 Å². The fourth-order valence-electron chi connectivity index (χ4n) is 1.89. The number of nitrogens with one attached hydrogen (secondary N) is 1. The van der Waals surface area contributed by atoms with Crippen molar-refractivity contribution in [1.82, 2.24) is 0 Å². The second-order valence-corrected chi connectivity index (χ2v) is 5.76.